The molecule has 1 unspecified atom stereocenters. The van der Waals surface area contributed by atoms with Crippen LogP contribution in [0.4, 0.5) is 5.69 Å². The molecular weight excluding hydrogens is 318 g/mol. The summed E-state index contributed by atoms with van der Waals surface area (Å²) < 4.78 is 1.59. The summed E-state index contributed by atoms with van der Waals surface area (Å²) in [5.74, 6) is 0.236. The summed E-state index contributed by atoms with van der Waals surface area (Å²) in [5.41, 5.74) is 1.90. The lowest BCUT2D eigenvalue weighted by molar-refractivity contribution is -0.110. The molecule has 1 aliphatic rings. The fourth-order valence-corrected chi connectivity index (χ4v) is 2.62. The maximum Gasteiger partial charge on any atom is 0.273 e. The van der Waals surface area contributed by atoms with E-state index in [1.807, 2.05) is 30.3 Å². The van der Waals surface area contributed by atoms with Crippen LogP contribution in [0.1, 0.15) is 18.1 Å². The number of anilines is 1. The van der Waals surface area contributed by atoms with Gasteiger partial charge in [0.1, 0.15) is 5.71 Å². The second kappa shape index (κ2) is 6.56. The maximum atomic E-state index is 12.5. The highest BCUT2D eigenvalue weighted by molar-refractivity contribution is 6.43. The number of hydrogen-bond acceptors (Lipinski definition) is 5. The van der Waals surface area contributed by atoms with Crippen LogP contribution in [0.25, 0.3) is 5.82 Å². The van der Waals surface area contributed by atoms with Crippen LogP contribution in [0.2, 0.25) is 0 Å². The largest absolute Gasteiger partial charge is 0.387 e. The minimum Gasteiger partial charge on any atom is -0.387 e. The maximum absolute atomic E-state index is 12.5. The first kappa shape index (κ1) is 15.1. The summed E-state index contributed by atoms with van der Waals surface area (Å²) in [7, 11) is 0. The van der Waals surface area contributed by atoms with E-state index in [1.54, 1.807) is 41.5 Å². The van der Waals surface area contributed by atoms with E-state index in [-0.39, 0.29) is 12.0 Å². The molecule has 1 aromatic carbocycles. The molecule has 0 spiro atoms. The highest BCUT2D eigenvalue weighted by Gasteiger charge is 2.27. The Balaban J connectivity index is 1.49. The van der Waals surface area contributed by atoms with E-state index in [0.717, 1.165) is 5.56 Å². The van der Waals surface area contributed by atoms with Crippen molar-refractivity contribution < 1.29 is 9.63 Å². The number of nitrogens with one attached hydrogen (secondary N) is 1. The van der Waals surface area contributed by atoms with Gasteiger partial charge in [-0.05, 0) is 23.8 Å². The van der Waals surface area contributed by atoms with Gasteiger partial charge in [0.2, 0.25) is 0 Å². The molecule has 25 heavy (non-hydrogen) atoms. The van der Waals surface area contributed by atoms with Gasteiger partial charge in [-0.2, -0.15) is 5.10 Å². The summed E-state index contributed by atoms with van der Waals surface area (Å²) in [6.07, 6.45) is 5.25. The number of amides is 1. The molecule has 2 aromatic heterocycles. The first-order valence-corrected chi connectivity index (χ1v) is 7.85. The van der Waals surface area contributed by atoms with Crippen LogP contribution in [-0.2, 0) is 9.63 Å². The summed E-state index contributed by atoms with van der Waals surface area (Å²) in [6.45, 7) is 0. The van der Waals surface area contributed by atoms with Crippen molar-refractivity contribution in [2.45, 2.75) is 12.5 Å². The van der Waals surface area contributed by atoms with Crippen LogP contribution in [0, 0.1) is 0 Å². The van der Waals surface area contributed by atoms with Crippen LogP contribution in [0.3, 0.4) is 0 Å². The van der Waals surface area contributed by atoms with Crippen LogP contribution < -0.4 is 5.32 Å². The molecule has 0 bridgehead atoms. The Morgan fingerprint density at radius 2 is 2.00 bits per heavy atom. The van der Waals surface area contributed by atoms with Crippen LogP contribution in [-0.4, -0.2) is 26.4 Å². The molecule has 0 radical (unpaired) electrons. The average molecular weight is 333 g/mol. The Bertz CT molecular complexity index is 906. The third-order valence-electron chi connectivity index (χ3n) is 3.86. The number of oxime groups is 1. The molecular formula is C18H15N5O2. The lowest BCUT2D eigenvalue weighted by atomic mass is 10.0. The van der Waals surface area contributed by atoms with E-state index in [2.05, 4.69) is 20.6 Å². The van der Waals surface area contributed by atoms with E-state index in [1.165, 1.54) is 0 Å². The Labute approximate surface area is 144 Å². The van der Waals surface area contributed by atoms with Gasteiger partial charge in [0.15, 0.2) is 11.9 Å². The quantitative estimate of drug-likeness (QED) is 0.796. The van der Waals surface area contributed by atoms with E-state index >= 15 is 0 Å². The second-order valence-corrected chi connectivity index (χ2v) is 5.53. The molecule has 0 fully saturated rings. The second-order valence-electron chi connectivity index (χ2n) is 5.53. The number of carbonyl (C=O) groups excluding carboxylic acids is 1. The van der Waals surface area contributed by atoms with Gasteiger partial charge in [-0.1, -0.05) is 35.5 Å². The number of benzene rings is 1. The van der Waals surface area contributed by atoms with E-state index in [0.29, 0.717) is 23.6 Å². The minimum atomic E-state index is -0.306. The Hall–Kier alpha value is -3.48. The third kappa shape index (κ3) is 3.12. The van der Waals surface area contributed by atoms with Gasteiger partial charge >= 0.3 is 0 Å². The van der Waals surface area contributed by atoms with Crippen molar-refractivity contribution in [3.8, 4) is 5.82 Å². The molecule has 0 saturated heterocycles. The minimum absolute atomic E-state index is 0.235. The van der Waals surface area contributed by atoms with Crippen molar-refractivity contribution in [1.29, 1.82) is 0 Å². The van der Waals surface area contributed by atoms with Gasteiger partial charge in [-0.15, -0.1) is 0 Å². The molecule has 1 atom stereocenters. The highest BCUT2D eigenvalue weighted by atomic mass is 16.6. The number of nitrogens with zero attached hydrogens (tertiary/aromatic N) is 4. The molecule has 3 aromatic rings. The number of aromatic nitrogens is 3. The van der Waals surface area contributed by atoms with Crippen molar-refractivity contribution in [3.63, 3.8) is 0 Å². The first-order chi connectivity index (χ1) is 12.3. The fourth-order valence-electron chi connectivity index (χ4n) is 2.62. The standard InChI is InChI=1S/C18H15N5O2/c24-18(15-12-16(25-22-15)13-6-2-1-3-7-13)21-14-8-4-9-19-17(14)23-11-5-10-20-23/h1-11,16H,12H2,(H,21,24). The predicted molar refractivity (Wildman–Crippen MR) is 92.3 cm³/mol. The van der Waals surface area contributed by atoms with Gasteiger partial charge in [0.25, 0.3) is 5.91 Å². The molecule has 1 amide bonds. The van der Waals surface area contributed by atoms with Crippen LogP contribution in [0.15, 0.2) is 72.3 Å². The van der Waals surface area contributed by atoms with Gasteiger partial charge in [0.05, 0.1) is 5.69 Å². The van der Waals surface area contributed by atoms with Gasteiger partial charge in [-0.3, -0.25) is 4.79 Å². The lowest BCUT2D eigenvalue weighted by Gasteiger charge is -2.10. The van der Waals surface area contributed by atoms with E-state index in [4.69, 9.17) is 4.84 Å². The molecule has 7 heteroatoms. The molecule has 124 valence electrons. The predicted octanol–water partition coefficient (Wildman–Crippen LogP) is 2.72. The molecule has 4 rings (SSSR count). The smallest absolute Gasteiger partial charge is 0.273 e. The van der Waals surface area contributed by atoms with Crippen molar-refractivity contribution >= 4 is 17.3 Å². The number of carbonyl (C=O) groups is 1. The Morgan fingerprint density at radius 3 is 2.80 bits per heavy atom. The SMILES string of the molecule is O=C(Nc1cccnc1-n1cccn1)C1=NOC(c2ccccc2)C1. The average Bonchev–Trinajstić information content (AvgIpc) is 3.35. The Kier molecular flexibility index (Phi) is 3.96. The van der Waals surface area contributed by atoms with Gasteiger partial charge in [-0.25, -0.2) is 9.67 Å². The zero-order valence-electron chi connectivity index (χ0n) is 13.2. The van der Waals surface area contributed by atoms with E-state index in [9.17, 15) is 4.79 Å². The zero-order valence-corrected chi connectivity index (χ0v) is 13.2. The Morgan fingerprint density at radius 1 is 1.12 bits per heavy atom. The first-order valence-electron chi connectivity index (χ1n) is 7.85. The van der Waals surface area contributed by atoms with E-state index < -0.39 is 0 Å². The van der Waals surface area contributed by atoms with Gasteiger partial charge < -0.3 is 10.2 Å². The molecule has 3 heterocycles. The zero-order chi connectivity index (χ0) is 17.1. The molecule has 1 N–H and O–H groups in total. The molecule has 1 aliphatic heterocycles. The summed E-state index contributed by atoms with van der Waals surface area (Å²) >= 11 is 0. The van der Waals surface area contributed by atoms with Crippen molar-refractivity contribution in [3.05, 3.63) is 72.7 Å². The number of hydrogen-bond donors (Lipinski definition) is 1. The lowest BCUT2D eigenvalue weighted by Crippen LogP contribution is -2.23. The van der Waals surface area contributed by atoms with Crippen LogP contribution in [0.5, 0.6) is 0 Å². The highest BCUT2D eigenvalue weighted by Crippen LogP contribution is 2.27. The van der Waals surface area contributed by atoms with Crippen molar-refractivity contribution in [1.82, 2.24) is 14.8 Å². The summed E-state index contributed by atoms with van der Waals surface area (Å²) in [4.78, 5) is 22.2. The van der Waals surface area contributed by atoms with Gasteiger partial charge in [0, 0.05) is 25.0 Å². The third-order valence-corrected chi connectivity index (χ3v) is 3.86. The van der Waals surface area contributed by atoms with Crippen molar-refractivity contribution in [2.24, 2.45) is 5.16 Å². The van der Waals surface area contributed by atoms with Crippen LogP contribution >= 0.6 is 0 Å². The molecule has 0 aliphatic carbocycles. The topological polar surface area (TPSA) is 81.4 Å². The number of pyridine rings is 1. The number of rotatable bonds is 4. The normalized spacial score (nSPS) is 16.2. The van der Waals surface area contributed by atoms with Crippen molar-refractivity contribution in [2.75, 3.05) is 5.32 Å². The molecule has 7 nitrogen and oxygen atoms in total. The summed E-state index contributed by atoms with van der Waals surface area (Å²) in [5, 5.41) is 10.9. The summed E-state index contributed by atoms with van der Waals surface area (Å²) in [6, 6.07) is 15.0. The fraction of sp³-hybridized carbons (Fsp3) is 0.111. The monoisotopic (exact) mass is 333 g/mol. The molecule has 0 saturated carbocycles.